The van der Waals surface area contributed by atoms with Gasteiger partial charge in [0.1, 0.15) is 5.56 Å². The Hall–Kier alpha value is -2.64. The van der Waals surface area contributed by atoms with Gasteiger partial charge < -0.3 is 10.1 Å². The first-order valence-corrected chi connectivity index (χ1v) is 7.29. The molecule has 24 heavy (non-hydrogen) atoms. The second-order valence-electron chi connectivity index (χ2n) is 4.52. The Bertz CT molecular complexity index is 810. The summed E-state index contributed by atoms with van der Waals surface area (Å²) in [6, 6.07) is 10.0. The van der Waals surface area contributed by atoms with Gasteiger partial charge in [0.15, 0.2) is 6.61 Å². The van der Waals surface area contributed by atoms with Crippen LogP contribution in [0.15, 0.2) is 42.5 Å². The van der Waals surface area contributed by atoms with Crippen molar-refractivity contribution in [1.29, 1.82) is 0 Å². The van der Waals surface area contributed by atoms with Gasteiger partial charge in [-0.05, 0) is 24.3 Å². The summed E-state index contributed by atoms with van der Waals surface area (Å²) in [7, 11) is 0. The van der Waals surface area contributed by atoms with Crippen molar-refractivity contribution < 1.29 is 19.2 Å². The minimum atomic E-state index is -1.01. The molecule has 2 aromatic rings. The molecule has 1 amide bonds. The smallest absolute Gasteiger partial charge is 0.345 e. The lowest BCUT2D eigenvalue weighted by Gasteiger charge is -2.08. The molecule has 0 bridgehead atoms. The van der Waals surface area contributed by atoms with Crippen molar-refractivity contribution in [2.75, 3.05) is 11.9 Å². The molecule has 0 aromatic heterocycles. The van der Waals surface area contributed by atoms with Crippen molar-refractivity contribution >= 4 is 46.5 Å². The molecule has 9 heteroatoms. The van der Waals surface area contributed by atoms with E-state index in [1.807, 2.05) is 0 Å². The van der Waals surface area contributed by atoms with Crippen LogP contribution in [-0.2, 0) is 9.53 Å². The number of hydrogen-bond donors (Lipinski definition) is 1. The molecule has 0 saturated carbocycles. The SMILES string of the molecule is O=C(COC(=O)c1ccc(Cl)cc1[N+](=O)[O-])Nc1ccccc1Cl. The number of para-hydroxylation sites is 1. The lowest BCUT2D eigenvalue weighted by Crippen LogP contribution is -2.21. The number of ether oxygens (including phenoxy) is 1. The van der Waals surface area contributed by atoms with Crippen molar-refractivity contribution in [3.63, 3.8) is 0 Å². The van der Waals surface area contributed by atoms with Crippen LogP contribution in [0.4, 0.5) is 11.4 Å². The van der Waals surface area contributed by atoms with Crippen LogP contribution in [0, 0.1) is 10.1 Å². The number of carbonyl (C=O) groups is 2. The van der Waals surface area contributed by atoms with Crippen LogP contribution in [-0.4, -0.2) is 23.4 Å². The number of halogens is 2. The molecule has 0 atom stereocenters. The summed E-state index contributed by atoms with van der Waals surface area (Å²) in [5.41, 5.74) is -0.438. The maximum atomic E-state index is 11.9. The molecule has 0 spiro atoms. The van der Waals surface area contributed by atoms with Crippen LogP contribution < -0.4 is 5.32 Å². The van der Waals surface area contributed by atoms with Crippen LogP contribution in [0.1, 0.15) is 10.4 Å². The van der Waals surface area contributed by atoms with E-state index in [2.05, 4.69) is 5.32 Å². The van der Waals surface area contributed by atoms with Crippen molar-refractivity contribution in [2.24, 2.45) is 0 Å². The van der Waals surface area contributed by atoms with Crippen molar-refractivity contribution in [3.05, 3.63) is 68.2 Å². The highest BCUT2D eigenvalue weighted by Crippen LogP contribution is 2.24. The molecule has 0 unspecified atom stereocenters. The first-order chi connectivity index (χ1) is 11.4. The molecule has 0 aliphatic carbocycles. The zero-order valence-corrected chi connectivity index (χ0v) is 13.5. The average molecular weight is 369 g/mol. The van der Waals surface area contributed by atoms with E-state index in [-0.39, 0.29) is 10.6 Å². The van der Waals surface area contributed by atoms with E-state index >= 15 is 0 Å². The number of esters is 1. The van der Waals surface area contributed by atoms with E-state index in [1.165, 1.54) is 6.07 Å². The Morgan fingerprint density at radius 3 is 2.54 bits per heavy atom. The summed E-state index contributed by atoms with van der Waals surface area (Å²) in [4.78, 5) is 33.9. The largest absolute Gasteiger partial charge is 0.452 e. The van der Waals surface area contributed by atoms with Gasteiger partial charge in [-0.15, -0.1) is 0 Å². The molecule has 1 N–H and O–H groups in total. The number of amides is 1. The normalized spacial score (nSPS) is 10.1. The summed E-state index contributed by atoms with van der Waals surface area (Å²) >= 11 is 11.6. The van der Waals surface area contributed by atoms with Gasteiger partial charge in [0, 0.05) is 11.1 Å². The molecule has 2 aromatic carbocycles. The molecule has 124 valence electrons. The van der Waals surface area contributed by atoms with Gasteiger partial charge in [0.2, 0.25) is 0 Å². The molecule has 0 aliphatic rings. The Kier molecular flexibility index (Phi) is 5.73. The van der Waals surface area contributed by atoms with Crippen LogP contribution in [0.5, 0.6) is 0 Å². The number of nitro groups is 1. The van der Waals surface area contributed by atoms with E-state index in [1.54, 1.807) is 24.3 Å². The Labute approximate surface area is 146 Å². The number of anilines is 1. The zero-order chi connectivity index (χ0) is 17.7. The fraction of sp³-hybridized carbons (Fsp3) is 0.0667. The fourth-order valence-electron chi connectivity index (χ4n) is 1.79. The first-order valence-electron chi connectivity index (χ1n) is 6.54. The summed E-state index contributed by atoms with van der Waals surface area (Å²) in [5, 5.41) is 13.8. The van der Waals surface area contributed by atoms with Crippen LogP contribution in [0.25, 0.3) is 0 Å². The lowest BCUT2D eigenvalue weighted by atomic mass is 10.2. The quantitative estimate of drug-likeness (QED) is 0.492. The van der Waals surface area contributed by atoms with E-state index in [9.17, 15) is 19.7 Å². The highest BCUT2D eigenvalue weighted by atomic mass is 35.5. The Balaban J connectivity index is 2.02. The van der Waals surface area contributed by atoms with E-state index in [0.29, 0.717) is 10.7 Å². The van der Waals surface area contributed by atoms with Gasteiger partial charge in [-0.1, -0.05) is 35.3 Å². The number of benzene rings is 2. The second kappa shape index (κ2) is 7.76. The molecule has 0 heterocycles. The van der Waals surface area contributed by atoms with Crippen molar-refractivity contribution in [1.82, 2.24) is 0 Å². The molecule has 0 fully saturated rings. The summed E-state index contributed by atoms with van der Waals surface area (Å²) in [6.45, 7) is -0.621. The molecule has 0 aliphatic heterocycles. The van der Waals surface area contributed by atoms with Gasteiger partial charge in [-0.2, -0.15) is 0 Å². The second-order valence-corrected chi connectivity index (χ2v) is 5.37. The number of rotatable bonds is 5. The molecule has 0 radical (unpaired) electrons. The number of nitrogens with one attached hydrogen (secondary N) is 1. The third kappa shape index (κ3) is 4.43. The molecular weight excluding hydrogens is 359 g/mol. The van der Waals surface area contributed by atoms with Crippen molar-refractivity contribution in [2.45, 2.75) is 0 Å². The highest BCUT2D eigenvalue weighted by molar-refractivity contribution is 6.33. The maximum Gasteiger partial charge on any atom is 0.345 e. The average Bonchev–Trinajstić information content (AvgIpc) is 2.54. The van der Waals surface area contributed by atoms with Gasteiger partial charge in [-0.25, -0.2) is 4.79 Å². The van der Waals surface area contributed by atoms with Gasteiger partial charge >= 0.3 is 5.97 Å². The monoisotopic (exact) mass is 368 g/mol. The van der Waals surface area contributed by atoms with Crippen LogP contribution in [0.3, 0.4) is 0 Å². The zero-order valence-electron chi connectivity index (χ0n) is 12.0. The minimum absolute atomic E-state index is 0.106. The lowest BCUT2D eigenvalue weighted by molar-refractivity contribution is -0.385. The summed E-state index contributed by atoms with van der Waals surface area (Å²) in [6.07, 6.45) is 0. The third-order valence-electron chi connectivity index (χ3n) is 2.86. The summed E-state index contributed by atoms with van der Waals surface area (Å²) in [5.74, 6) is -1.64. The van der Waals surface area contributed by atoms with E-state index in [4.69, 9.17) is 27.9 Å². The Morgan fingerprint density at radius 1 is 1.17 bits per heavy atom. The van der Waals surface area contributed by atoms with Crippen LogP contribution in [0.2, 0.25) is 10.0 Å². The van der Waals surface area contributed by atoms with Gasteiger partial charge in [-0.3, -0.25) is 14.9 Å². The standard InChI is InChI=1S/C15H10Cl2N2O5/c16-9-5-6-10(13(7-9)19(22)23)15(21)24-8-14(20)18-12-4-2-1-3-11(12)17/h1-7H,8H2,(H,18,20). The number of nitrogens with zero attached hydrogens (tertiary/aromatic N) is 1. The third-order valence-corrected chi connectivity index (χ3v) is 3.42. The molecule has 7 nitrogen and oxygen atoms in total. The predicted molar refractivity (Wildman–Crippen MR) is 88.5 cm³/mol. The van der Waals surface area contributed by atoms with Gasteiger partial charge in [0.25, 0.3) is 11.6 Å². The van der Waals surface area contributed by atoms with E-state index in [0.717, 1.165) is 12.1 Å². The minimum Gasteiger partial charge on any atom is -0.452 e. The number of hydrogen-bond acceptors (Lipinski definition) is 5. The van der Waals surface area contributed by atoms with Gasteiger partial charge in [0.05, 0.1) is 15.6 Å². The number of nitro benzene ring substituents is 1. The predicted octanol–water partition coefficient (Wildman–Crippen LogP) is 3.70. The Morgan fingerprint density at radius 2 is 1.88 bits per heavy atom. The first kappa shape index (κ1) is 17.7. The fourth-order valence-corrected chi connectivity index (χ4v) is 2.14. The highest BCUT2D eigenvalue weighted by Gasteiger charge is 2.22. The maximum absolute atomic E-state index is 11.9. The molecule has 2 rings (SSSR count). The van der Waals surface area contributed by atoms with Crippen LogP contribution >= 0.6 is 23.2 Å². The number of carbonyl (C=O) groups excluding carboxylic acids is 2. The van der Waals surface area contributed by atoms with Crippen molar-refractivity contribution in [3.8, 4) is 0 Å². The van der Waals surface area contributed by atoms with E-state index < -0.39 is 29.1 Å². The summed E-state index contributed by atoms with van der Waals surface area (Å²) < 4.78 is 4.79. The molecule has 0 saturated heterocycles. The topological polar surface area (TPSA) is 98.5 Å². The molecular formula is C15H10Cl2N2O5.